The van der Waals surface area contributed by atoms with Crippen molar-refractivity contribution < 1.29 is 34.1 Å². The second-order valence-corrected chi connectivity index (χ2v) is 4.75. The van der Waals surface area contributed by atoms with E-state index < -0.39 is 42.3 Å². The number of hydrogen-bond donors (Lipinski definition) is 3. The molecule has 2 amide bonds. The third-order valence-electron chi connectivity index (χ3n) is 3.22. The Morgan fingerprint density at radius 3 is 2.52 bits per heavy atom. The van der Waals surface area contributed by atoms with E-state index in [9.17, 15) is 19.2 Å². The molecule has 0 bridgehead atoms. The van der Waals surface area contributed by atoms with E-state index in [1.165, 1.54) is 12.0 Å². The Morgan fingerprint density at radius 1 is 1.33 bits per heavy atom. The normalized spacial score (nSPS) is 19.5. The molecule has 3 N–H and O–H groups in total. The van der Waals surface area contributed by atoms with Crippen LogP contribution in [0.5, 0.6) is 0 Å². The van der Waals surface area contributed by atoms with Crippen LogP contribution < -0.4 is 5.32 Å². The molecule has 1 aliphatic heterocycles. The largest absolute Gasteiger partial charge is 0.481 e. The molecule has 1 saturated heterocycles. The van der Waals surface area contributed by atoms with E-state index in [4.69, 9.17) is 10.2 Å². The van der Waals surface area contributed by atoms with Crippen LogP contribution in [0.15, 0.2) is 0 Å². The van der Waals surface area contributed by atoms with Crippen LogP contribution in [0.1, 0.15) is 19.3 Å². The number of rotatable bonds is 5. The lowest BCUT2D eigenvalue weighted by Crippen LogP contribution is -2.52. The Balaban J connectivity index is 2.62. The Labute approximate surface area is 120 Å². The van der Waals surface area contributed by atoms with Crippen molar-refractivity contribution in [2.24, 2.45) is 5.92 Å². The average Bonchev–Trinajstić information content (AvgIpc) is 2.45. The molecule has 1 fully saturated rings. The molecule has 0 aliphatic carbocycles. The summed E-state index contributed by atoms with van der Waals surface area (Å²) in [5.74, 6) is -3.62. The van der Waals surface area contributed by atoms with E-state index in [-0.39, 0.29) is 6.54 Å². The van der Waals surface area contributed by atoms with E-state index in [1.807, 2.05) is 0 Å². The fourth-order valence-corrected chi connectivity index (χ4v) is 2.14. The molecule has 0 spiro atoms. The fourth-order valence-electron chi connectivity index (χ4n) is 2.14. The first kappa shape index (κ1) is 16.7. The number of carboxylic acids is 2. The van der Waals surface area contributed by atoms with Crippen LogP contribution >= 0.6 is 0 Å². The third kappa shape index (κ3) is 4.93. The van der Waals surface area contributed by atoms with Gasteiger partial charge in [0.05, 0.1) is 19.4 Å². The van der Waals surface area contributed by atoms with Gasteiger partial charge in [0.2, 0.25) is 0 Å². The summed E-state index contributed by atoms with van der Waals surface area (Å²) in [4.78, 5) is 46.2. The standard InChI is InChI=1S/C12H18N2O7/c1-21-11(19)7-3-2-4-14(6-7)12(20)13-8(10(17)18)5-9(15)16/h7-8H,2-6H2,1H3,(H,13,20)(H,15,16)(H,17,18)/t7?,8-/m0/s1. The van der Waals surface area contributed by atoms with Gasteiger partial charge in [-0.3, -0.25) is 9.59 Å². The summed E-state index contributed by atoms with van der Waals surface area (Å²) in [6.45, 7) is 0.497. The molecule has 118 valence electrons. The molecule has 0 aromatic carbocycles. The van der Waals surface area contributed by atoms with Crippen molar-refractivity contribution in [3.05, 3.63) is 0 Å². The van der Waals surface area contributed by atoms with Gasteiger partial charge < -0.3 is 25.2 Å². The zero-order chi connectivity index (χ0) is 16.0. The van der Waals surface area contributed by atoms with Gasteiger partial charge in [-0.05, 0) is 12.8 Å². The fraction of sp³-hybridized carbons (Fsp3) is 0.667. The van der Waals surface area contributed by atoms with Gasteiger partial charge in [-0.15, -0.1) is 0 Å². The molecule has 0 aromatic heterocycles. The summed E-state index contributed by atoms with van der Waals surface area (Å²) in [7, 11) is 1.26. The molecule has 9 heteroatoms. The van der Waals surface area contributed by atoms with Crippen LogP contribution in [0.25, 0.3) is 0 Å². The second-order valence-electron chi connectivity index (χ2n) is 4.75. The van der Waals surface area contributed by atoms with Crippen LogP contribution in [-0.2, 0) is 19.1 Å². The predicted octanol–water partition coefficient (Wildman–Crippen LogP) is -0.491. The van der Waals surface area contributed by atoms with Crippen molar-refractivity contribution in [2.45, 2.75) is 25.3 Å². The highest BCUT2D eigenvalue weighted by Gasteiger charge is 2.31. The molecule has 9 nitrogen and oxygen atoms in total. The molecule has 1 aliphatic rings. The number of nitrogens with zero attached hydrogens (tertiary/aromatic N) is 1. The maximum atomic E-state index is 12.0. The summed E-state index contributed by atoms with van der Waals surface area (Å²) in [5.41, 5.74) is 0. The van der Waals surface area contributed by atoms with Gasteiger partial charge >= 0.3 is 23.9 Å². The Morgan fingerprint density at radius 2 is 2.00 bits per heavy atom. The second kappa shape index (κ2) is 7.46. The number of piperidine rings is 1. The van der Waals surface area contributed by atoms with E-state index in [0.717, 1.165) is 0 Å². The minimum atomic E-state index is -1.51. The van der Waals surface area contributed by atoms with Crippen molar-refractivity contribution in [1.29, 1.82) is 0 Å². The van der Waals surface area contributed by atoms with Crippen LogP contribution in [0, 0.1) is 5.92 Å². The van der Waals surface area contributed by atoms with Crippen LogP contribution in [0.2, 0.25) is 0 Å². The SMILES string of the molecule is COC(=O)C1CCCN(C(=O)N[C@@H](CC(=O)O)C(=O)O)C1. The van der Waals surface area contributed by atoms with Crippen molar-refractivity contribution in [1.82, 2.24) is 10.2 Å². The summed E-state index contributed by atoms with van der Waals surface area (Å²) in [6, 6.07) is -2.20. The van der Waals surface area contributed by atoms with Crippen LogP contribution in [-0.4, -0.2) is 65.3 Å². The number of urea groups is 1. The number of methoxy groups -OCH3 is 1. The highest BCUT2D eigenvalue weighted by molar-refractivity contribution is 5.86. The topological polar surface area (TPSA) is 133 Å². The summed E-state index contributed by atoms with van der Waals surface area (Å²) >= 11 is 0. The molecule has 0 radical (unpaired) electrons. The van der Waals surface area contributed by atoms with E-state index in [1.54, 1.807) is 0 Å². The number of likely N-dealkylation sites (tertiary alicyclic amines) is 1. The van der Waals surface area contributed by atoms with Crippen LogP contribution in [0.4, 0.5) is 4.79 Å². The van der Waals surface area contributed by atoms with Gasteiger partial charge in [-0.1, -0.05) is 0 Å². The highest BCUT2D eigenvalue weighted by Crippen LogP contribution is 2.17. The third-order valence-corrected chi connectivity index (χ3v) is 3.22. The molecule has 1 heterocycles. The number of hydrogen-bond acceptors (Lipinski definition) is 5. The first-order chi connectivity index (χ1) is 9.85. The van der Waals surface area contributed by atoms with Crippen molar-refractivity contribution in [3.8, 4) is 0 Å². The van der Waals surface area contributed by atoms with Crippen molar-refractivity contribution in [2.75, 3.05) is 20.2 Å². The molecule has 0 saturated carbocycles. The van der Waals surface area contributed by atoms with Gasteiger partial charge in [-0.25, -0.2) is 9.59 Å². The minimum absolute atomic E-state index is 0.123. The molecule has 0 aromatic rings. The molecule has 2 atom stereocenters. The highest BCUT2D eigenvalue weighted by atomic mass is 16.5. The minimum Gasteiger partial charge on any atom is -0.481 e. The molecule has 1 rings (SSSR count). The number of ether oxygens (including phenoxy) is 1. The number of amides is 2. The predicted molar refractivity (Wildman–Crippen MR) is 68.5 cm³/mol. The summed E-state index contributed by atoms with van der Waals surface area (Å²) in [5, 5.41) is 19.6. The maximum Gasteiger partial charge on any atom is 0.326 e. The van der Waals surface area contributed by atoms with Gasteiger partial charge in [0.1, 0.15) is 6.04 Å². The average molecular weight is 302 g/mol. The van der Waals surface area contributed by atoms with E-state index in [0.29, 0.717) is 19.4 Å². The summed E-state index contributed by atoms with van der Waals surface area (Å²) < 4.78 is 4.62. The molecular weight excluding hydrogens is 284 g/mol. The van der Waals surface area contributed by atoms with Gasteiger partial charge in [0.25, 0.3) is 0 Å². The lowest BCUT2D eigenvalue weighted by molar-refractivity contribution is -0.147. The zero-order valence-corrected chi connectivity index (χ0v) is 11.6. The van der Waals surface area contributed by atoms with E-state index in [2.05, 4.69) is 10.1 Å². The van der Waals surface area contributed by atoms with Gasteiger partial charge in [-0.2, -0.15) is 0 Å². The lowest BCUT2D eigenvalue weighted by atomic mass is 9.98. The Bertz CT molecular complexity index is 437. The Kier molecular flexibility index (Phi) is 5.94. The first-order valence-electron chi connectivity index (χ1n) is 6.43. The number of carboxylic acid groups (broad SMARTS) is 2. The van der Waals surface area contributed by atoms with Crippen molar-refractivity contribution in [3.63, 3.8) is 0 Å². The molecular formula is C12H18N2O7. The monoisotopic (exact) mass is 302 g/mol. The van der Waals surface area contributed by atoms with Crippen molar-refractivity contribution >= 4 is 23.9 Å². The van der Waals surface area contributed by atoms with Gasteiger partial charge in [0, 0.05) is 13.1 Å². The Hall–Kier alpha value is -2.32. The summed E-state index contributed by atoms with van der Waals surface area (Å²) in [6.07, 6.45) is 0.465. The van der Waals surface area contributed by atoms with E-state index >= 15 is 0 Å². The number of nitrogens with one attached hydrogen (secondary N) is 1. The number of aliphatic carboxylic acids is 2. The molecule has 1 unspecified atom stereocenters. The maximum absolute atomic E-state index is 12.0. The van der Waals surface area contributed by atoms with Gasteiger partial charge in [0.15, 0.2) is 0 Å². The smallest absolute Gasteiger partial charge is 0.326 e. The first-order valence-corrected chi connectivity index (χ1v) is 6.43. The quantitative estimate of drug-likeness (QED) is 0.583. The van der Waals surface area contributed by atoms with Crippen LogP contribution in [0.3, 0.4) is 0 Å². The zero-order valence-electron chi connectivity index (χ0n) is 11.6. The number of esters is 1. The molecule has 21 heavy (non-hydrogen) atoms. The number of carbonyl (C=O) groups is 4. The number of carbonyl (C=O) groups excluding carboxylic acids is 2. The lowest BCUT2D eigenvalue weighted by Gasteiger charge is -2.32.